The number of nitrogens with one attached hydrogen (secondary N) is 3. The second kappa shape index (κ2) is 5.49. The van der Waals surface area contributed by atoms with Gasteiger partial charge in [-0.05, 0) is 19.5 Å². The standard InChI is InChI=1S/C12H19N3O3/c1-3-18-12(17)11(13-2)9-7(14-4-5-16)6-8-10(9)15-8/h5,8,10-11,13-15H,3-4,6H2,1-2H3. The number of hydrogen-bond acceptors (Lipinski definition) is 6. The quantitative estimate of drug-likeness (QED) is 0.304. The fourth-order valence-electron chi connectivity index (χ4n) is 2.50. The average molecular weight is 253 g/mol. The average Bonchev–Trinajstić information content (AvgIpc) is 3.03. The van der Waals surface area contributed by atoms with Crippen LogP contribution < -0.4 is 16.0 Å². The predicted molar refractivity (Wildman–Crippen MR) is 65.9 cm³/mol. The summed E-state index contributed by atoms with van der Waals surface area (Å²) >= 11 is 0. The highest BCUT2D eigenvalue weighted by molar-refractivity contribution is 5.81. The smallest absolute Gasteiger partial charge is 0.327 e. The molecule has 6 nitrogen and oxygen atoms in total. The first-order chi connectivity index (χ1) is 8.72. The number of hydrogen-bond donors (Lipinski definition) is 3. The van der Waals surface area contributed by atoms with Crippen molar-refractivity contribution < 1.29 is 14.3 Å². The molecule has 1 aliphatic heterocycles. The summed E-state index contributed by atoms with van der Waals surface area (Å²) < 4.78 is 5.07. The van der Waals surface area contributed by atoms with Gasteiger partial charge < -0.3 is 25.5 Å². The van der Waals surface area contributed by atoms with E-state index in [2.05, 4.69) is 16.0 Å². The van der Waals surface area contributed by atoms with E-state index in [0.29, 0.717) is 12.6 Å². The number of fused-ring (bicyclic) bond motifs is 1. The zero-order valence-electron chi connectivity index (χ0n) is 10.7. The number of ether oxygens (including phenoxy) is 1. The van der Waals surface area contributed by atoms with Gasteiger partial charge in [-0.15, -0.1) is 0 Å². The van der Waals surface area contributed by atoms with Gasteiger partial charge in [-0.2, -0.15) is 0 Å². The van der Waals surface area contributed by atoms with Gasteiger partial charge in [-0.3, -0.25) is 0 Å². The molecule has 0 aromatic heterocycles. The van der Waals surface area contributed by atoms with Gasteiger partial charge in [0.2, 0.25) is 0 Å². The van der Waals surface area contributed by atoms with Crippen molar-refractivity contribution in [2.45, 2.75) is 31.5 Å². The van der Waals surface area contributed by atoms with Crippen LogP contribution >= 0.6 is 0 Å². The zero-order chi connectivity index (χ0) is 13.1. The molecule has 1 fully saturated rings. The van der Waals surface area contributed by atoms with E-state index in [4.69, 9.17) is 4.74 Å². The molecule has 3 N–H and O–H groups in total. The largest absolute Gasteiger partial charge is 0.465 e. The van der Waals surface area contributed by atoms with Gasteiger partial charge >= 0.3 is 5.97 Å². The first-order valence-electron chi connectivity index (χ1n) is 6.23. The van der Waals surface area contributed by atoms with Gasteiger partial charge in [0.1, 0.15) is 12.3 Å². The minimum Gasteiger partial charge on any atom is -0.465 e. The number of likely N-dealkylation sites (N-methyl/N-ethyl adjacent to an activating group) is 1. The lowest BCUT2D eigenvalue weighted by molar-refractivity contribution is -0.144. The van der Waals surface area contributed by atoms with E-state index in [9.17, 15) is 9.59 Å². The van der Waals surface area contributed by atoms with Crippen LogP contribution in [-0.4, -0.2) is 50.6 Å². The Labute approximate surface area is 106 Å². The maximum Gasteiger partial charge on any atom is 0.327 e. The minimum absolute atomic E-state index is 0.237. The van der Waals surface area contributed by atoms with Crippen molar-refractivity contribution in [3.63, 3.8) is 0 Å². The maximum absolute atomic E-state index is 11.9. The van der Waals surface area contributed by atoms with Gasteiger partial charge in [-0.1, -0.05) is 0 Å². The van der Waals surface area contributed by atoms with E-state index < -0.39 is 6.04 Å². The van der Waals surface area contributed by atoms with Gasteiger partial charge in [0.05, 0.1) is 13.2 Å². The molecule has 18 heavy (non-hydrogen) atoms. The molecule has 0 saturated carbocycles. The normalized spacial score (nSPS) is 26.6. The van der Waals surface area contributed by atoms with Crippen LogP contribution in [0.2, 0.25) is 0 Å². The van der Waals surface area contributed by atoms with E-state index >= 15 is 0 Å². The van der Waals surface area contributed by atoms with Gasteiger partial charge in [0, 0.05) is 24.2 Å². The fourth-order valence-corrected chi connectivity index (χ4v) is 2.50. The number of aldehydes is 1. The monoisotopic (exact) mass is 253 g/mol. The molecule has 2 aliphatic rings. The third kappa shape index (κ3) is 2.39. The van der Waals surface area contributed by atoms with Crippen LogP contribution in [0.4, 0.5) is 0 Å². The molecule has 0 aromatic carbocycles. The summed E-state index contributed by atoms with van der Waals surface area (Å²) in [6.07, 6.45) is 1.66. The van der Waals surface area contributed by atoms with Crippen molar-refractivity contribution in [3.05, 3.63) is 11.3 Å². The second-order valence-corrected chi connectivity index (χ2v) is 4.41. The highest BCUT2D eigenvalue weighted by Crippen LogP contribution is 2.37. The van der Waals surface area contributed by atoms with E-state index in [0.717, 1.165) is 24.0 Å². The summed E-state index contributed by atoms with van der Waals surface area (Å²) in [5.74, 6) is -0.269. The van der Waals surface area contributed by atoms with Crippen molar-refractivity contribution in [1.29, 1.82) is 0 Å². The predicted octanol–water partition coefficient (Wildman–Crippen LogP) is -1.08. The Morgan fingerprint density at radius 2 is 2.44 bits per heavy atom. The van der Waals surface area contributed by atoms with Gasteiger partial charge in [0.15, 0.2) is 0 Å². The van der Waals surface area contributed by atoms with Gasteiger partial charge in [0.25, 0.3) is 0 Å². The molecule has 0 spiro atoms. The fraction of sp³-hybridized carbons (Fsp3) is 0.667. The molecule has 100 valence electrons. The lowest BCUT2D eigenvalue weighted by atomic mass is 10.0. The number of carbonyl (C=O) groups is 2. The van der Waals surface area contributed by atoms with E-state index in [1.807, 2.05) is 0 Å². The molecule has 3 unspecified atom stereocenters. The second-order valence-electron chi connectivity index (χ2n) is 4.41. The van der Waals surface area contributed by atoms with Crippen LogP contribution in [0.5, 0.6) is 0 Å². The highest BCUT2D eigenvalue weighted by atomic mass is 16.5. The van der Waals surface area contributed by atoms with Crippen LogP contribution in [0, 0.1) is 0 Å². The highest BCUT2D eigenvalue weighted by Gasteiger charge is 2.50. The maximum atomic E-state index is 11.9. The molecule has 3 atom stereocenters. The Morgan fingerprint density at radius 1 is 1.67 bits per heavy atom. The molecule has 1 saturated heterocycles. The van der Waals surface area contributed by atoms with Crippen molar-refractivity contribution in [2.75, 3.05) is 20.2 Å². The van der Waals surface area contributed by atoms with E-state index in [1.165, 1.54) is 0 Å². The summed E-state index contributed by atoms with van der Waals surface area (Å²) in [6.45, 7) is 2.43. The third-order valence-electron chi connectivity index (χ3n) is 3.32. The Bertz CT molecular complexity index is 381. The summed E-state index contributed by atoms with van der Waals surface area (Å²) in [5.41, 5.74) is 1.98. The summed E-state index contributed by atoms with van der Waals surface area (Å²) in [5, 5.41) is 9.37. The first kappa shape index (κ1) is 13.0. The third-order valence-corrected chi connectivity index (χ3v) is 3.32. The summed E-state index contributed by atoms with van der Waals surface area (Å²) in [6, 6.07) is 0.199. The Hall–Kier alpha value is -1.40. The Kier molecular flexibility index (Phi) is 3.98. The molecule has 0 bridgehead atoms. The Morgan fingerprint density at radius 3 is 3.06 bits per heavy atom. The molecule has 2 rings (SSSR count). The van der Waals surface area contributed by atoms with Crippen LogP contribution in [0.3, 0.4) is 0 Å². The summed E-state index contributed by atoms with van der Waals surface area (Å²) in [7, 11) is 1.74. The molecule has 6 heteroatoms. The number of rotatable bonds is 7. The van der Waals surface area contributed by atoms with Crippen LogP contribution in [0.25, 0.3) is 0 Å². The topological polar surface area (TPSA) is 89.4 Å². The molecular weight excluding hydrogens is 234 g/mol. The lowest BCUT2D eigenvalue weighted by Gasteiger charge is -2.19. The molecule has 0 aromatic rings. The van der Waals surface area contributed by atoms with Crippen LogP contribution in [0.1, 0.15) is 13.3 Å². The number of carbonyl (C=O) groups excluding carboxylic acids is 2. The van der Waals surface area contributed by atoms with Crippen molar-refractivity contribution in [2.24, 2.45) is 0 Å². The van der Waals surface area contributed by atoms with Crippen LogP contribution in [0.15, 0.2) is 11.3 Å². The number of esters is 1. The first-order valence-corrected chi connectivity index (χ1v) is 6.23. The van der Waals surface area contributed by atoms with Crippen molar-refractivity contribution in [3.8, 4) is 0 Å². The Balaban J connectivity index is 2.14. The van der Waals surface area contributed by atoms with E-state index in [-0.39, 0.29) is 18.6 Å². The molecular formula is C12H19N3O3. The summed E-state index contributed by atoms with van der Waals surface area (Å²) in [4.78, 5) is 22.3. The molecule has 0 amide bonds. The van der Waals surface area contributed by atoms with E-state index in [1.54, 1.807) is 14.0 Å². The molecule has 1 heterocycles. The minimum atomic E-state index is -0.441. The SMILES string of the molecule is CCOC(=O)C(NC)C1=C(NCC=O)CC2NC12. The van der Waals surface area contributed by atoms with Crippen LogP contribution in [-0.2, 0) is 14.3 Å². The lowest BCUT2D eigenvalue weighted by Crippen LogP contribution is -2.40. The van der Waals surface area contributed by atoms with Crippen molar-refractivity contribution >= 4 is 12.3 Å². The van der Waals surface area contributed by atoms with Crippen molar-refractivity contribution in [1.82, 2.24) is 16.0 Å². The molecule has 1 aliphatic carbocycles. The van der Waals surface area contributed by atoms with Gasteiger partial charge in [-0.25, -0.2) is 4.79 Å². The molecule has 0 radical (unpaired) electrons. The zero-order valence-corrected chi connectivity index (χ0v) is 10.7.